The van der Waals surface area contributed by atoms with E-state index < -0.39 is 6.63 Å². The van der Waals surface area contributed by atoms with E-state index in [0.29, 0.717) is 0 Å². The highest BCUT2D eigenvalue weighted by atomic mass is 35.9. The lowest BCUT2D eigenvalue weighted by atomic mass is 9.98. The van der Waals surface area contributed by atoms with Crippen LogP contribution in [-0.2, 0) is 0 Å². The van der Waals surface area contributed by atoms with Gasteiger partial charge >= 0.3 is 0 Å². The second kappa shape index (κ2) is 3.57. The van der Waals surface area contributed by atoms with Crippen LogP contribution >= 0.6 is 29.1 Å². The fourth-order valence-corrected chi connectivity index (χ4v) is 4.19. The van der Waals surface area contributed by atoms with Crippen molar-refractivity contribution in [3.05, 3.63) is 22.3 Å². The Morgan fingerprint density at radius 1 is 0.923 bits per heavy atom. The Morgan fingerprint density at radius 2 is 1.23 bits per heavy atom. The molecule has 0 fully saturated rings. The molecular formula is C10H15Cl2P. The molecule has 0 spiro atoms. The summed E-state index contributed by atoms with van der Waals surface area (Å²) in [4.78, 5) is 0. The van der Waals surface area contributed by atoms with Crippen molar-refractivity contribution in [3.8, 4) is 0 Å². The zero-order chi connectivity index (χ0) is 10.4. The zero-order valence-corrected chi connectivity index (χ0v) is 11.1. The summed E-state index contributed by atoms with van der Waals surface area (Å²) >= 11 is 12.2. The second-order valence-corrected chi connectivity index (χ2v) is 7.71. The number of hydrogen-bond acceptors (Lipinski definition) is 0. The lowest BCUT2D eigenvalue weighted by Crippen LogP contribution is -2.19. The van der Waals surface area contributed by atoms with E-state index in [2.05, 4.69) is 34.6 Å². The smallest absolute Gasteiger partial charge is 0.0768 e. The molecule has 0 saturated carbocycles. The highest BCUT2D eigenvalue weighted by Gasteiger charge is 2.41. The van der Waals surface area contributed by atoms with Crippen molar-refractivity contribution in [1.82, 2.24) is 0 Å². The third-order valence-electron chi connectivity index (χ3n) is 3.49. The summed E-state index contributed by atoms with van der Waals surface area (Å²) in [5.74, 6) is 0. The average molecular weight is 237 g/mol. The molecule has 1 aliphatic rings. The molecule has 13 heavy (non-hydrogen) atoms. The maximum absolute atomic E-state index is 6.11. The molecule has 0 bridgehead atoms. The standard InChI is InChI=1S/C10H15Cl2P/c1-6-7(2)9(4)10(5,8(6)3)13(11)12/h1-5H3. The lowest BCUT2D eigenvalue weighted by Gasteiger charge is -2.29. The molecule has 0 atom stereocenters. The predicted octanol–water partition coefficient (Wildman–Crippen LogP) is 5.22. The van der Waals surface area contributed by atoms with Crippen LogP contribution in [-0.4, -0.2) is 5.16 Å². The van der Waals surface area contributed by atoms with Gasteiger partial charge in [-0.05, 0) is 45.8 Å². The van der Waals surface area contributed by atoms with Crippen molar-refractivity contribution in [2.45, 2.75) is 39.8 Å². The van der Waals surface area contributed by atoms with E-state index in [9.17, 15) is 0 Å². The average Bonchev–Trinajstić information content (AvgIpc) is 2.22. The molecule has 1 aliphatic carbocycles. The minimum absolute atomic E-state index is 0.0907. The Kier molecular flexibility index (Phi) is 3.18. The number of halogens is 2. The number of hydrogen-bond donors (Lipinski definition) is 0. The van der Waals surface area contributed by atoms with E-state index in [4.69, 9.17) is 22.5 Å². The third kappa shape index (κ3) is 1.48. The van der Waals surface area contributed by atoms with E-state index in [1.807, 2.05) is 0 Å². The third-order valence-corrected chi connectivity index (χ3v) is 6.86. The molecule has 0 radical (unpaired) electrons. The Hall–Kier alpha value is 0.490. The van der Waals surface area contributed by atoms with Crippen LogP contribution in [0.1, 0.15) is 34.6 Å². The van der Waals surface area contributed by atoms with Gasteiger partial charge in [-0.25, -0.2) is 0 Å². The molecule has 3 heteroatoms. The van der Waals surface area contributed by atoms with Crippen molar-refractivity contribution in [1.29, 1.82) is 0 Å². The van der Waals surface area contributed by atoms with E-state index in [1.165, 1.54) is 22.3 Å². The van der Waals surface area contributed by atoms with Crippen LogP contribution in [0.15, 0.2) is 22.3 Å². The van der Waals surface area contributed by atoms with Gasteiger partial charge < -0.3 is 0 Å². The summed E-state index contributed by atoms with van der Waals surface area (Å²) in [6.07, 6.45) is 0. The molecule has 0 amide bonds. The van der Waals surface area contributed by atoms with Crippen LogP contribution in [0.3, 0.4) is 0 Å². The van der Waals surface area contributed by atoms with Gasteiger partial charge in [-0.1, -0.05) is 33.6 Å². The maximum Gasteiger partial charge on any atom is 0.0997 e. The second-order valence-electron chi connectivity index (χ2n) is 3.81. The quantitative estimate of drug-likeness (QED) is 0.548. The monoisotopic (exact) mass is 236 g/mol. The molecule has 0 aromatic carbocycles. The van der Waals surface area contributed by atoms with Crippen molar-refractivity contribution < 1.29 is 0 Å². The summed E-state index contributed by atoms with van der Waals surface area (Å²) in [6.45, 7) is 9.71. The van der Waals surface area contributed by atoms with Gasteiger partial charge in [-0.2, -0.15) is 0 Å². The molecule has 0 unspecified atom stereocenters. The van der Waals surface area contributed by atoms with Crippen molar-refractivity contribution >= 4 is 29.1 Å². The normalized spacial score (nSPS) is 22.2. The van der Waals surface area contributed by atoms with E-state index in [0.717, 1.165) is 0 Å². The highest BCUT2D eigenvalue weighted by molar-refractivity contribution is 8.05. The molecule has 0 saturated heterocycles. The first-order valence-electron chi connectivity index (χ1n) is 4.31. The van der Waals surface area contributed by atoms with Crippen LogP contribution in [0.25, 0.3) is 0 Å². The van der Waals surface area contributed by atoms with Gasteiger partial charge in [0, 0.05) is 0 Å². The van der Waals surface area contributed by atoms with Crippen LogP contribution in [0, 0.1) is 0 Å². The topological polar surface area (TPSA) is 0 Å². The molecule has 1 rings (SSSR count). The molecule has 0 nitrogen and oxygen atoms in total. The maximum atomic E-state index is 6.11. The van der Waals surface area contributed by atoms with Gasteiger partial charge in [-0.3, -0.25) is 0 Å². The van der Waals surface area contributed by atoms with Gasteiger partial charge in [0.25, 0.3) is 0 Å². The molecule has 0 heterocycles. The summed E-state index contributed by atoms with van der Waals surface area (Å²) < 4.78 is 0. The summed E-state index contributed by atoms with van der Waals surface area (Å²) in [6, 6.07) is 0. The van der Waals surface area contributed by atoms with Crippen LogP contribution in [0.4, 0.5) is 0 Å². The summed E-state index contributed by atoms with van der Waals surface area (Å²) in [5.41, 5.74) is 5.37. The first-order valence-corrected chi connectivity index (χ1v) is 7.46. The van der Waals surface area contributed by atoms with E-state index >= 15 is 0 Å². The summed E-state index contributed by atoms with van der Waals surface area (Å²) in [7, 11) is 0. The predicted molar refractivity (Wildman–Crippen MR) is 63.8 cm³/mol. The van der Waals surface area contributed by atoms with Crippen molar-refractivity contribution in [2.24, 2.45) is 0 Å². The molecule has 0 aromatic rings. The minimum atomic E-state index is -0.987. The zero-order valence-electron chi connectivity index (χ0n) is 8.70. The van der Waals surface area contributed by atoms with Gasteiger partial charge in [0.15, 0.2) is 0 Å². The van der Waals surface area contributed by atoms with Crippen molar-refractivity contribution in [2.75, 3.05) is 0 Å². The molecular weight excluding hydrogens is 222 g/mol. The largest absolute Gasteiger partial charge is 0.0997 e. The molecule has 74 valence electrons. The Balaban J connectivity index is 3.31. The Labute approximate surface area is 91.3 Å². The van der Waals surface area contributed by atoms with E-state index in [-0.39, 0.29) is 5.16 Å². The van der Waals surface area contributed by atoms with Gasteiger partial charge in [0.1, 0.15) is 0 Å². The fourth-order valence-electron chi connectivity index (χ4n) is 1.83. The SMILES string of the molecule is CC1=C(C)C(C)(P(Cl)Cl)C(C)=C1C. The summed E-state index contributed by atoms with van der Waals surface area (Å²) in [5, 5.41) is -0.0907. The van der Waals surface area contributed by atoms with E-state index in [1.54, 1.807) is 0 Å². The molecule has 0 aliphatic heterocycles. The van der Waals surface area contributed by atoms with Crippen LogP contribution < -0.4 is 0 Å². The van der Waals surface area contributed by atoms with Gasteiger partial charge in [0.2, 0.25) is 0 Å². The molecule has 0 N–H and O–H groups in total. The Morgan fingerprint density at radius 3 is 1.38 bits per heavy atom. The van der Waals surface area contributed by atoms with Crippen LogP contribution in [0.2, 0.25) is 0 Å². The fraction of sp³-hybridized carbons (Fsp3) is 0.600. The lowest BCUT2D eigenvalue weighted by molar-refractivity contribution is 0.871. The Bertz CT molecular complexity index is 276. The number of rotatable bonds is 1. The highest BCUT2D eigenvalue weighted by Crippen LogP contribution is 2.67. The van der Waals surface area contributed by atoms with Gasteiger partial charge in [0.05, 0.1) is 11.8 Å². The minimum Gasteiger partial charge on any atom is -0.0768 e. The van der Waals surface area contributed by atoms with Gasteiger partial charge in [-0.15, -0.1) is 0 Å². The van der Waals surface area contributed by atoms with Crippen molar-refractivity contribution in [3.63, 3.8) is 0 Å². The molecule has 0 aromatic heterocycles. The number of allylic oxidation sites excluding steroid dienone is 4. The first kappa shape index (κ1) is 11.6. The van der Waals surface area contributed by atoms with Crippen LogP contribution in [0.5, 0.6) is 0 Å². The first-order chi connectivity index (χ1) is 5.83.